The van der Waals surface area contributed by atoms with E-state index >= 15 is 0 Å². The van der Waals surface area contributed by atoms with E-state index in [2.05, 4.69) is 0 Å². The molecular formula is C25H28N2O5. The van der Waals surface area contributed by atoms with Crippen molar-refractivity contribution in [1.82, 2.24) is 9.80 Å². The molecule has 32 heavy (non-hydrogen) atoms. The van der Waals surface area contributed by atoms with Crippen LogP contribution in [0.25, 0.3) is 0 Å². The molecule has 0 aromatic heterocycles. The fourth-order valence-corrected chi connectivity index (χ4v) is 3.74. The lowest BCUT2D eigenvalue weighted by molar-refractivity contribution is -0.132. The van der Waals surface area contributed by atoms with E-state index in [1.807, 2.05) is 49.3 Å². The van der Waals surface area contributed by atoms with Crippen LogP contribution < -0.4 is 4.74 Å². The van der Waals surface area contributed by atoms with Crippen molar-refractivity contribution in [3.8, 4) is 5.75 Å². The Morgan fingerprint density at radius 3 is 2.31 bits per heavy atom. The number of aryl methyl sites for hydroxylation is 1. The number of carbonyl (C=O) groups excluding carboxylic acids is 3. The molecule has 3 rings (SSSR count). The minimum Gasteiger partial charge on any atom is -0.503 e. The molecule has 1 amide bonds. The van der Waals surface area contributed by atoms with Crippen LogP contribution in [-0.2, 0) is 20.8 Å². The summed E-state index contributed by atoms with van der Waals surface area (Å²) in [5.41, 5.74) is 1.79. The molecule has 1 unspecified atom stereocenters. The number of rotatable bonds is 9. The molecule has 2 aromatic rings. The summed E-state index contributed by atoms with van der Waals surface area (Å²) in [5.74, 6) is -1.37. The monoisotopic (exact) mass is 436 g/mol. The average Bonchev–Trinajstić information content (AvgIpc) is 3.01. The zero-order valence-corrected chi connectivity index (χ0v) is 18.6. The topological polar surface area (TPSA) is 87.2 Å². The van der Waals surface area contributed by atoms with Crippen molar-refractivity contribution in [3.63, 3.8) is 0 Å². The molecule has 7 nitrogen and oxygen atoms in total. The van der Waals surface area contributed by atoms with E-state index in [1.165, 1.54) is 11.8 Å². The van der Waals surface area contributed by atoms with Gasteiger partial charge in [-0.05, 0) is 43.8 Å². The van der Waals surface area contributed by atoms with E-state index in [9.17, 15) is 19.5 Å². The number of Topliss-reactive ketones (excluding diaryl/α,β-unsaturated/α-hetero) is 1. The standard InChI is InChI=1S/C25H28N2O5/c1-17(28)32-20-12-10-19(11-13-20)23-22(21(29)14-9-18-7-5-4-6-8-18)24(30)25(31)27(23)16-15-26(2)3/h4-8,10-13,23,30H,9,14-16H2,1-3H3. The van der Waals surface area contributed by atoms with E-state index in [0.29, 0.717) is 30.8 Å². The van der Waals surface area contributed by atoms with Crippen LogP contribution in [0.2, 0.25) is 0 Å². The maximum Gasteiger partial charge on any atom is 0.308 e. The Balaban J connectivity index is 1.90. The summed E-state index contributed by atoms with van der Waals surface area (Å²) >= 11 is 0. The number of carbonyl (C=O) groups is 3. The van der Waals surface area contributed by atoms with Crippen molar-refractivity contribution in [2.24, 2.45) is 0 Å². The first-order chi connectivity index (χ1) is 15.3. The van der Waals surface area contributed by atoms with Gasteiger partial charge in [0.05, 0.1) is 11.6 Å². The van der Waals surface area contributed by atoms with Crippen molar-refractivity contribution in [3.05, 3.63) is 77.1 Å². The molecule has 0 radical (unpaired) electrons. The fraction of sp³-hybridized carbons (Fsp3) is 0.320. The number of hydrogen-bond acceptors (Lipinski definition) is 6. The van der Waals surface area contributed by atoms with Gasteiger partial charge in [-0.2, -0.15) is 0 Å². The summed E-state index contributed by atoms with van der Waals surface area (Å²) in [6.07, 6.45) is 0.695. The Bertz CT molecular complexity index is 1010. The van der Waals surface area contributed by atoms with Crippen LogP contribution in [0.5, 0.6) is 5.75 Å². The lowest BCUT2D eigenvalue weighted by Crippen LogP contribution is -2.36. The number of amides is 1. The quantitative estimate of drug-likeness (QED) is 0.480. The normalized spacial score (nSPS) is 16.1. The van der Waals surface area contributed by atoms with Crippen molar-refractivity contribution >= 4 is 17.7 Å². The summed E-state index contributed by atoms with van der Waals surface area (Å²) in [6.45, 7) is 2.24. The molecule has 1 atom stereocenters. The van der Waals surface area contributed by atoms with Gasteiger partial charge in [0.25, 0.3) is 5.91 Å². The van der Waals surface area contributed by atoms with E-state index in [1.54, 1.807) is 24.3 Å². The number of nitrogens with zero attached hydrogens (tertiary/aromatic N) is 2. The number of hydrogen-bond donors (Lipinski definition) is 1. The molecule has 1 aliphatic rings. The molecule has 0 bridgehead atoms. The van der Waals surface area contributed by atoms with Crippen LogP contribution in [0.1, 0.15) is 30.5 Å². The molecule has 1 N–H and O–H groups in total. The van der Waals surface area contributed by atoms with Crippen LogP contribution in [-0.4, -0.2) is 59.8 Å². The smallest absolute Gasteiger partial charge is 0.308 e. The Morgan fingerprint density at radius 1 is 1.06 bits per heavy atom. The van der Waals surface area contributed by atoms with Gasteiger partial charge in [-0.3, -0.25) is 14.4 Å². The summed E-state index contributed by atoms with van der Waals surface area (Å²) in [4.78, 5) is 40.7. The lowest BCUT2D eigenvalue weighted by atomic mass is 9.93. The van der Waals surface area contributed by atoms with Gasteiger partial charge in [0.2, 0.25) is 0 Å². The highest BCUT2D eigenvalue weighted by Crippen LogP contribution is 2.38. The molecule has 2 aromatic carbocycles. The van der Waals surface area contributed by atoms with Crippen molar-refractivity contribution in [2.75, 3.05) is 27.2 Å². The maximum atomic E-state index is 13.2. The third kappa shape index (κ3) is 5.42. The summed E-state index contributed by atoms with van der Waals surface area (Å²) < 4.78 is 5.09. The second kappa shape index (κ2) is 10.2. The predicted molar refractivity (Wildman–Crippen MR) is 120 cm³/mol. The van der Waals surface area contributed by atoms with E-state index in [-0.39, 0.29) is 17.8 Å². The number of likely N-dealkylation sites (N-methyl/N-ethyl adjacent to an activating group) is 1. The molecule has 0 saturated heterocycles. The zero-order chi connectivity index (χ0) is 23.3. The van der Waals surface area contributed by atoms with Gasteiger partial charge in [-0.15, -0.1) is 0 Å². The molecule has 0 spiro atoms. The van der Waals surface area contributed by atoms with E-state index in [4.69, 9.17) is 4.74 Å². The van der Waals surface area contributed by atoms with Crippen LogP contribution in [0.3, 0.4) is 0 Å². The second-order valence-corrected chi connectivity index (χ2v) is 8.04. The van der Waals surface area contributed by atoms with Crippen LogP contribution in [0.15, 0.2) is 65.9 Å². The molecule has 0 aliphatic carbocycles. The summed E-state index contributed by atoms with van der Waals surface area (Å²) in [5, 5.41) is 10.7. The van der Waals surface area contributed by atoms with E-state index < -0.39 is 23.7 Å². The third-order valence-corrected chi connectivity index (χ3v) is 5.33. The zero-order valence-electron chi connectivity index (χ0n) is 18.6. The first-order valence-electron chi connectivity index (χ1n) is 10.5. The Hall–Kier alpha value is -3.45. The summed E-state index contributed by atoms with van der Waals surface area (Å²) in [7, 11) is 3.78. The van der Waals surface area contributed by atoms with Gasteiger partial charge in [0.1, 0.15) is 5.75 Å². The van der Waals surface area contributed by atoms with Crippen molar-refractivity contribution in [2.45, 2.75) is 25.8 Å². The SMILES string of the molecule is CC(=O)Oc1ccc(C2C(C(=O)CCc3ccccc3)=C(O)C(=O)N2CCN(C)C)cc1. The Kier molecular flexibility index (Phi) is 7.43. The summed E-state index contributed by atoms with van der Waals surface area (Å²) in [6, 6.07) is 15.6. The number of aliphatic hydroxyl groups is 1. The lowest BCUT2D eigenvalue weighted by Gasteiger charge is -2.28. The van der Waals surface area contributed by atoms with Gasteiger partial charge < -0.3 is 19.6 Å². The molecule has 7 heteroatoms. The van der Waals surface area contributed by atoms with Gasteiger partial charge in [0.15, 0.2) is 11.5 Å². The van der Waals surface area contributed by atoms with Gasteiger partial charge in [0, 0.05) is 26.4 Å². The highest BCUT2D eigenvalue weighted by Gasteiger charge is 2.42. The Labute approximate surface area is 187 Å². The number of aliphatic hydroxyl groups excluding tert-OH is 1. The van der Waals surface area contributed by atoms with Gasteiger partial charge in [-0.25, -0.2) is 0 Å². The Morgan fingerprint density at radius 2 is 1.72 bits per heavy atom. The minimum absolute atomic E-state index is 0.116. The predicted octanol–water partition coefficient (Wildman–Crippen LogP) is 3.07. The third-order valence-electron chi connectivity index (χ3n) is 5.33. The molecule has 1 heterocycles. The van der Waals surface area contributed by atoms with Crippen LogP contribution in [0.4, 0.5) is 0 Å². The first-order valence-corrected chi connectivity index (χ1v) is 10.5. The fourth-order valence-electron chi connectivity index (χ4n) is 3.74. The minimum atomic E-state index is -0.697. The largest absolute Gasteiger partial charge is 0.503 e. The van der Waals surface area contributed by atoms with Gasteiger partial charge in [-0.1, -0.05) is 42.5 Å². The second-order valence-electron chi connectivity index (χ2n) is 8.04. The number of ether oxygens (including phenoxy) is 1. The molecular weight excluding hydrogens is 408 g/mol. The van der Waals surface area contributed by atoms with E-state index in [0.717, 1.165) is 5.56 Å². The van der Waals surface area contributed by atoms with Crippen molar-refractivity contribution < 1.29 is 24.2 Å². The molecule has 0 saturated carbocycles. The van der Waals surface area contributed by atoms with Crippen LogP contribution >= 0.6 is 0 Å². The van der Waals surface area contributed by atoms with Crippen LogP contribution in [0, 0.1) is 0 Å². The number of ketones is 1. The number of esters is 1. The van der Waals surface area contributed by atoms with Gasteiger partial charge >= 0.3 is 5.97 Å². The highest BCUT2D eigenvalue weighted by atomic mass is 16.5. The van der Waals surface area contributed by atoms with Crippen molar-refractivity contribution in [1.29, 1.82) is 0 Å². The maximum absolute atomic E-state index is 13.2. The average molecular weight is 437 g/mol. The molecule has 0 fully saturated rings. The highest BCUT2D eigenvalue weighted by molar-refractivity contribution is 6.09. The number of benzene rings is 2. The molecule has 1 aliphatic heterocycles. The molecule has 168 valence electrons. The first kappa shape index (κ1) is 23.2.